The number of nitrogens with zero attached hydrogens (tertiary/aromatic N) is 1. The van der Waals surface area contributed by atoms with Gasteiger partial charge in [0.25, 0.3) is 10.0 Å². The number of hydrogen-bond acceptors (Lipinski definition) is 4. The molecule has 0 fully saturated rings. The van der Waals surface area contributed by atoms with Gasteiger partial charge in [-0.3, -0.25) is 4.72 Å². The molecule has 0 spiro atoms. The Labute approximate surface area is 127 Å². The normalized spacial score (nSPS) is 11.4. The summed E-state index contributed by atoms with van der Waals surface area (Å²) < 4.78 is 39.7. The van der Waals surface area contributed by atoms with Crippen LogP contribution < -0.4 is 10.0 Å². The Morgan fingerprint density at radius 3 is 2.62 bits per heavy atom. The van der Waals surface area contributed by atoms with E-state index in [1.807, 2.05) is 0 Å². The summed E-state index contributed by atoms with van der Waals surface area (Å²) >= 11 is 5.68. The van der Waals surface area contributed by atoms with Crippen molar-refractivity contribution in [1.82, 2.24) is 10.3 Å². The number of sulfonamides is 1. The van der Waals surface area contributed by atoms with Gasteiger partial charge in [-0.15, -0.1) is 0 Å². The number of aromatic nitrogens is 1. The molecule has 2 N–H and O–H groups in total. The zero-order chi connectivity index (χ0) is 15.5. The van der Waals surface area contributed by atoms with Crippen molar-refractivity contribution in [2.24, 2.45) is 0 Å². The standard InChI is InChI=1S/C13H13ClFN3O2S/c1-16-7-9-2-3-13(17-8-9)21(19,20)18-12-5-10(14)4-11(15)6-12/h2-6,8,16,18H,7H2,1H3. The molecule has 2 aromatic rings. The first kappa shape index (κ1) is 15.7. The maximum Gasteiger partial charge on any atom is 0.279 e. The van der Waals surface area contributed by atoms with E-state index in [-0.39, 0.29) is 15.7 Å². The first-order chi connectivity index (χ1) is 9.90. The van der Waals surface area contributed by atoms with Crippen molar-refractivity contribution in [2.45, 2.75) is 11.6 Å². The summed E-state index contributed by atoms with van der Waals surface area (Å²) in [6.07, 6.45) is 1.46. The zero-order valence-corrected chi connectivity index (χ0v) is 12.7. The maximum atomic E-state index is 13.2. The molecule has 8 heteroatoms. The monoisotopic (exact) mass is 329 g/mol. The first-order valence-electron chi connectivity index (χ1n) is 5.99. The van der Waals surface area contributed by atoms with Crippen molar-refractivity contribution in [3.63, 3.8) is 0 Å². The molecular formula is C13H13ClFN3O2S. The smallest absolute Gasteiger partial charge is 0.279 e. The number of benzene rings is 1. The van der Waals surface area contributed by atoms with E-state index in [4.69, 9.17) is 11.6 Å². The number of pyridine rings is 1. The van der Waals surface area contributed by atoms with Crippen molar-refractivity contribution in [3.05, 3.63) is 52.9 Å². The lowest BCUT2D eigenvalue weighted by atomic mass is 10.3. The number of hydrogen-bond donors (Lipinski definition) is 2. The van der Waals surface area contributed by atoms with E-state index in [0.29, 0.717) is 6.54 Å². The number of halogens is 2. The lowest BCUT2D eigenvalue weighted by Gasteiger charge is -2.08. The van der Waals surface area contributed by atoms with Crippen molar-refractivity contribution < 1.29 is 12.8 Å². The molecule has 0 saturated carbocycles. The van der Waals surface area contributed by atoms with Gasteiger partial charge >= 0.3 is 0 Å². The molecule has 1 aromatic heterocycles. The van der Waals surface area contributed by atoms with Gasteiger partial charge in [0.1, 0.15) is 5.82 Å². The molecule has 1 aromatic carbocycles. The van der Waals surface area contributed by atoms with Crippen molar-refractivity contribution in [3.8, 4) is 0 Å². The Kier molecular flexibility index (Phi) is 4.76. The predicted octanol–water partition coefficient (Wildman–Crippen LogP) is 2.39. The van der Waals surface area contributed by atoms with Crippen LogP contribution in [0, 0.1) is 5.82 Å². The summed E-state index contributed by atoms with van der Waals surface area (Å²) in [6.45, 7) is 0.584. The first-order valence-corrected chi connectivity index (χ1v) is 7.85. The zero-order valence-electron chi connectivity index (χ0n) is 11.1. The fourth-order valence-corrected chi connectivity index (χ4v) is 2.89. The van der Waals surface area contributed by atoms with Crippen LogP contribution in [0.1, 0.15) is 5.56 Å². The summed E-state index contributed by atoms with van der Waals surface area (Å²) in [7, 11) is -2.11. The Balaban J connectivity index is 2.25. The van der Waals surface area contributed by atoms with Crippen LogP contribution in [0.25, 0.3) is 0 Å². The largest absolute Gasteiger partial charge is 0.316 e. The van der Waals surface area contributed by atoms with Gasteiger partial charge in [0.15, 0.2) is 5.03 Å². The Morgan fingerprint density at radius 2 is 2.05 bits per heavy atom. The van der Waals surface area contributed by atoms with Gasteiger partial charge in [0.2, 0.25) is 0 Å². The molecular weight excluding hydrogens is 317 g/mol. The van der Waals surface area contributed by atoms with E-state index < -0.39 is 15.8 Å². The van der Waals surface area contributed by atoms with Crippen molar-refractivity contribution in [1.29, 1.82) is 0 Å². The maximum absolute atomic E-state index is 13.2. The molecule has 0 unspecified atom stereocenters. The highest BCUT2D eigenvalue weighted by molar-refractivity contribution is 7.92. The topological polar surface area (TPSA) is 71.1 Å². The molecule has 21 heavy (non-hydrogen) atoms. The van der Waals surface area contributed by atoms with Gasteiger partial charge in [-0.2, -0.15) is 8.42 Å². The molecule has 0 saturated heterocycles. The van der Waals surface area contributed by atoms with Gasteiger partial charge in [0.05, 0.1) is 5.69 Å². The average molecular weight is 330 g/mol. The van der Waals surface area contributed by atoms with Gasteiger partial charge in [-0.05, 0) is 36.9 Å². The van der Waals surface area contributed by atoms with Crippen LogP contribution in [0.2, 0.25) is 5.02 Å². The third kappa shape index (κ3) is 4.13. The van der Waals surface area contributed by atoms with Crippen LogP contribution in [-0.4, -0.2) is 20.4 Å². The Bertz CT molecular complexity index is 715. The highest BCUT2D eigenvalue weighted by atomic mass is 35.5. The third-order valence-electron chi connectivity index (χ3n) is 2.57. The quantitative estimate of drug-likeness (QED) is 0.883. The molecule has 112 valence electrons. The average Bonchev–Trinajstić information content (AvgIpc) is 2.38. The minimum Gasteiger partial charge on any atom is -0.316 e. The Hall–Kier alpha value is -1.70. The highest BCUT2D eigenvalue weighted by Gasteiger charge is 2.16. The fraction of sp³-hybridized carbons (Fsp3) is 0.154. The number of anilines is 1. The second-order valence-electron chi connectivity index (χ2n) is 4.30. The van der Waals surface area contributed by atoms with Gasteiger partial charge in [-0.25, -0.2) is 9.37 Å². The molecule has 0 aliphatic heterocycles. The lowest BCUT2D eigenvalue weighted by Crippen LogP contribution is -2.15. The predicted molar refractivity (Wildman–Crippen MR) is 79.2 cm³/mol. The third-order valence-corrected chi connectivity index (χ3v) is 4.08. The van der Waals surface area contributed by atoms with Crippen molar-refractivity contribution >= 4 is 27.3 Å². The number of rotatable bonds is 5. The second-order valence-corrected chi connectivity index (χ2v) is 6.36. The van der Waals surface area contributed by atoms with Crippen LogP contribution in [0.15, 0.2) is 41.6 Å². The lowest BCUT2D eigenvalue weighted by molar-refractivity contribution is 0.597. The van der Waals surface area contributed by atoms with E-state index >= 15 is 0 Å². The summed E-state index contributed by atoms with van der Waals surface area (Å²) in [5, 5.41) is 2.88. The van der Waals surface area contributed by atoms with Crippen molar-refractivity contribution in [2.75, 3.05) is 11.8 Å². The van der Waals surface area contributed by atoms with E-state index in [1.54, 1.807) is 13.1 Å². The van der Waals surface area contributed by atoms with Crippen LogP contribution >= 0.6 is 11.6 Å². The Morgan fingerprint density at radius 1 is 1.29 bits per heavy atom. The summed E-state index contributed by atoms with van der Waals surface area (Å²) in [5.41, 5.74) is 0.895. The molecule has 2 rings (SSSR count). The van der Waals surface area contributed by atoms with Gasteiger partial charge < -0.3 is 5.32 Å². The summed E-state index contributed by atoms with van der Waals surface area (Å²) in [5.74, 6) is -0.627. The van der Waals surface area contributed by atoms with Gasteiger partial charge in [-0.1, -0.05) is 17.7 Å². The van der Waals surface area contributed by atoms with E-state index in [0.717, 1.165) is 17.7 Å². The molecule has 0 amide bonds. The van der Waals surface area contributed by atoms with Crippen LogP contribution in [0.5, 0.6) is 0 Å². The highest BCUT2D eigenvalue weighted by Crippen LogP contribution is 2.20. The van der Waals surface area contributed by atoms with Crippen LogP contribution in [0.4, 0.5) is 10.1 Å². The molecule has 0 atom stereocenters. The summed E-state index contributed by atoms with van der Waals surface area (Å²) in [6, 6.07) is 6.48. The second kappa shape index (κ2) is 6.38. The fourth-order valence-electron chi connectivity index (χ4n) is 1.70. The molecule has 0 bridgehead atoms. The van der Waals surface area contributed by atoms with E-state index in [9.17, 15) is 12.8 Å². The van der Waals surface area contributed by atoms with E-state index in [1.165, 1.54) is 18.3 Å². The number of nitrogens with one attached hydrogen (secondary N) is 2. The van der Waals surface area contributed by atoms with Crippen LogP contribution in [-0.2, 0) is 16.6 Å². The van der Waals surface area contributed by atoms with Gasteiger partial charge in [0, 0.05) is 17.8 Å². The molecule has 0 aliphatic carbocycles. The van der Waals surface area contributed by atoms with Crippen LogP contribution in [0.3, 0.4) is 0 Å². The van der Waals surface area contributed by atoms with E-state index in [2.05, 4.69) is 15.0 Å². The molecule has 0 radical (unpaired) electrons. The molecule has 0 aliphatic rings. The summed E-state index contributed by atoms with van der Waals surface area (Å²) in [4.78, 5) is 3.89. The molecule has 1 heterocycles. The minimum absolute atomic E-state index is 0.0427. The minimum atomic E-state index is -3.89. The molecule has 5 nitrogen and oxygen atoms in total. The SMILES string of the molecule is CNCc1ccc(S(=O)(=O)Nc2cc(F)cc(Cl)c2)nc1.